The first-order chi connectivity index (χ1) is 10.3. The van der Waals surface area contributed by atoms with Crippen molar-refractivity contribution >= 4 is 33.2 Å². The third kappa shape index (κ3) is 4.59. The highest BCUT2D eigenvalue weighted by Crippen LogP contribution is 2.24. The normalized spacial score (nSPS) is 19.7. The molecule has 0 unspecified atom stereocenters. The zero-order valence-corrected chi connectivity index (χ0v) is 14.0. The van der Waals surface area contributed by atoms with E-state index in [1.165, 1.54) is 12.1 Å². The number of benzene rings is 1. The molecule has 0 radical (unpaired) electrons. The molecular weight excluding hydrogens is 328 g/mol. The quantitative estimate of drug-likeness (QED) is 0.854. The summed E-state index contributed by atoms with van der Waals surface area (Å²) in [5.74, 6) is -0.295. The van der Waals surface area contributed by atoms with Gasteiger partial charge in [0, 0.05) is 12.2 Å². The Morgan fingerprint density at radius 1 is 1.45 bits per heavy atom. The van der Waals surface area contributed by atoms with Crippen LogP contribution in [0.3, 0.4) is 0 Å². The van der Waals surface area contributed by atoms with Crippen LogP contribution in [0, 0.1) is 0 Å². The molecule has 1 aromatic carbocycles. The van der Waals surface area contributed by atoms with Gasteiger partial charge in [0.25, 0.3) is 5.91 Å². The fraction of sp³-hybridized carbons (Fsp3) is 0.500. The minimum atomic E-state index is -3.46. The Labute approximate surface area is 135 Å². The summed E-state index contributed by atoms with van der Waals surface area (Å²) in [4.78, 5) is 12.3. The zero-order chi connectivity index (χ0) is 16.3. The van der Waals surface area contributed by atoms with Crippen molar-refractivity contribution < 1.29 is 17.9 Å². The molecule has 2 atom stereocenters. The number of rotatable bonds is 5. The average Bonchev–Trinajstić information content (AvgIpc) is 2.93. The van der Waals surface area contributed by atoms with Crippen molar-refractivity contribution in [1.82, 2.24) is 5.32 Å². The molecule has 1 aliphatic heterocycles. The molecule has 2 N–H and O–H groups in total. The highest BCUT2D eigenvalue weighted by molar-refractivity contribution is 7.92. The fourth-order valence-electron chi connectivity index (χ4n) is 2.32. The number of sulfonamides is 1. The third-order valence-electron chi connectivity index (χ3n) is 3.41. The van der Waals surface area contributed by atoms with Crippen molar-refractivity contribution in [3.05, 3.63) is 28.8 Å². The highest BCUT2D eigenvalue weighted by atomic mass is 35.5. The molecule has 0 aromatic heterocycles. The Balaban J connectivity index is 2.10. The van der Waals surface area contributed by atoms with Crippen LogP contribution in [0.25, 0.3) is 0 Å². The van der Waals surface area contributed by atoms with Crippen LogP contribution >= 0.6 is 11.6 Å². The number of ether oxygens (including phenoxy) is 1. The van der Waals surface area contributed by atoms with Gasteiger partial charge in [-0.15, -0.1) is 0 Å². The van der Waals surface area contributed by atoms with Gasteiger partial charge in [0.05, 0.1) is 29.1 Å². The van der Waals surface area contributed by atoms with E-state index in [9.17, 15) is 13.2 Å². The average molecular weight is 347 g/mol. The Kier molecular flexibility index (Phi) is 5.31. The van der Waals surface area contributed by atoms with Crippen molar-refractivity contribution in [1.29, 1.82) is 0 Å². The molecule has 0 bridgehead atoms. The summed E-state index contributed by atoms with van der Waals surface area (Å²) in [5.41, 5.74) is 0.516. The van der Waals surface area contributed by atoms with E-state index in [0.717, 1.165) is 19.1 Å². The second-order valence-corrected chi connectivity index (χ2v) is 7.54. The first kappa shape index (κ1) is 17.1. The van der Waals surface area contributed by atoms with Crippen LogP contribution in [0.1, 0.15) is 30.1 Å². The van der Waals surface area contributed by atoms with E-state index >= 15 is 0 Å². The largest absolute Gasteiger partial charge is 0.376 e. The predicted octanol–water partition coefficient (Wildman–Crippen LogP) is 2.01. The fourth-order valence-corrected chi connectivity index (χ4v) is 3.11. The van der Waals surface area contributed by atoms with E-state index in [1.54, 1.807) is 6.07 Å². The van der Waals surface area contributed by atoms with Crippen LogP contribution in [-0.4, -0.2) is 39.3 Å². The molecule has 1 aliphatic rings. The molecule has 2 rings (SSSR count). The van der Waals surface area contributed by atoms with E-state index in [1.807, 2.05) is 6.92 Å². The van der Waals surface area contributed by atoms with E-state index in [-0.39, 0.29) is 28.8 Å². The van der Waals surface area contributed by atoms with Gasteiger partial charge < -0.3 is 10.1 Å². The lowest BCUT2D eigenvalue weighted by atomic mass is 10.1. The van der Waals surface area contributed by atoms with Crippen molar-refractivity contribution in [2.45, 2.75) is 31.9 Å². The minimum Gasteiger partial charge on any atom is -0.376 e. The Hall–Kier alpha value is -1.31. The molecule has 0 spiro atoms. The summed E-state index contributed by atoms with van der Waals surface area (Å²) in [7, 11) is -3.46. The standard InChI is InChI=1S/C14H19ClN2O4S/c1-9(13-4-3-7-21-13)16-14(18)10-5-6-11(15)12(8-10)17-22(2,19)20/h5-6,8-9,13,17H,3-4,7H2,1-2H3,(H,16,18)/t9-,13+/m0/s1. The van der Waals surface area contributed by atoms with Gasteiger partial charge in [0.1, 0.15) is 0 Å². The van der Waals surface area contributed by atoms with Crippen LogP contribution in [0.4, 0.5) is 5.69 Å². The smallest absolute Gasteiger partial charge is 0.251 e. The molecule has 1 heterocycles. The van der Waals surface area contributed by atoms with Gasteiger partial charge in [0.2, 0.25) is 10.0 Å². The van der Waals surface area contributed by atoms with Crippen molar-refractivity contribution in [2.24, 2.45) is 0 Å². The van der Waals surface area contributed by atoms with Crippen molar-refractivity contribution in [2.75, 3.05) is 17.6 Å². The number of nitrogens with one attached hydrogen (secondary N) is 2. The van der Waals surface area contributed by atoms with E-state index in [0.29, 0.717) is 12.2 Å². The maximum atomic E-state index is 12.3. The number of carbonyl (C=O) groups excluding carboxylic acids is 1. The summed E-state index contributed by atoms with van der Waals surface area (Å²) < 4.78 is 30.4. The summed E-state index contributed by atoms with van der Waals surface area (Å²) in [6.45, 7) is 2.60. The van der Waals surface area contributed by atoms with Gasteiger partial charge in [-0.2, -0.15) is 0 Å². The molecule has 0 aliphatic carbocycles. The molecule has 22 heavy (non-hydrogen) atoms. The molecule has 1 aromatic rings. The maximum absolute atomic E-state index is 12.3. The number of carbonyl (C=O) groups is 1. The van der Waals surface area contributed by atoms with E-state index in [4.69, 9.17) is 16.3 Å². The van der Waals surface area contributed by atoms with E-state index < -0.39 is 10.0 Å². The second-order valence-electron chi connectivity index (χ2n) is 5.38. The van der Waals surface area contributed by atoms with Crippen molar-refractivity contribution in [3.8, 4) is 0 Å². The zero-order valence-electron chi connectivity index (χ0n) is 12.4. The van der Waals surface area contributed by atoms with Gasteiger partial charge in [0.15, 0.2) is 0 Å². The van der Waals surface area contributed by atoms with Crippen LogP contribution in [-0.2, 0) is 14.8 Å². The van der Waals surface area contributed by atoms with Gasteiger partial charge in [-0.05, 0) is 38.0 Å². The molecule has 1 amide bonds. The number of amides is 1. The van der Waals surface area contributed by atoms with Gasteiger partial charge in [-0.1, -0.05) is 11.6 Å². The summed E-state index contributed by atoms with van der Waals surface area (Å²) in [6, 6.07) is 4.34. The Morgan fingerprint density at radius 3 is 2.77 bits per heavy atom. The van der Waals surface area contributed by atoms with Crippen LogP contribution in [0.5, 0.6) is 0 Å². The first-order valence-corrected chi connectivity index (χ1v) is 9.23. The molecule has 0 saturated carbocycles. The first-order valence-electron chi connectivity index (χ1n) is 6.96. The third-order valence-corrected chi connectivity index (χ3v) is 4.33. The van der Waals surface area contributed by atoms with E-state index in [2.05, 4.69) is 10.0 Å². The molecule has 6 nitrogen and oxygen atoms in total. The topological polar surface area (TPSA) is 84.5 Å². The number of halogens is 1. The second kappa shape index (κ2) is 6.85. The summed E-state index contributed by atoms with van der Waals surface area (Å²) in [5, 5.41) is 3.09. The predicted molar refractivity (Wildman–Crippen MR) is 85.8 cm³/mol. The minimum absolute atomic E-state index is 0.0184. The number of hydrogen-bond donors (Lipinski definition) is 2. The molecule has 122 valence electrons. The Morgan fingerprint density at radius 2 is 2.18 bits per heavy atom. The maximum Gasteiger partial charge on any atom is 0.251 e. The Bertz CT molecular complexity index is 657. The van der Waals surface area contributed by atoms with Crippen LogP contribution < -0.4 is 10.0 Å². The van der Waals surface area contributed by atoms with Gasteiger partial charge in [-0.25, -0.2) is 8.42 Å². The lowest BCUT2D eigenvalue weighted by Gasteiger charge is -2.20. The molecular formula is C14H19ClN2O4S. The van der Waals surface area contributed by atoms with Gasteiger partial charge in [-0.3, -0.25) is 9.52 Å². The monoisotopic (exact) mass is 346 g/mol. The summed E-state index contributed by atoms with van der Waals surface area (Å²) >= 11 is 5.94. The van der Waals surface area contributed by atoms with Crippen molar-refractivity contribution in [3.63, 3.8) is 0 Å². The molecule has 1 saturated heterocycles. The lowest BCUT2D eigenvalue weighted by Crippen LogP contribution is -2.40. The van der Waals surface area contributed by atoms with Crippen LogP contribution in [0.15, 0.2) is 18.2 Å². The highest BCUT2D eigenvalue weighted by Gasteiger charge is 2.24. The van der Waals surface area contributed by atoms with Crippen LogP contribution in [0.2, 0.25) is 5.02 Å². The summed E-state index contributed by atoms with van der Waals surface area (Å²) in [6.07, 6.45) is 2.96. The molecule has 1 fully saturated rings. The van der Waals surface area contributed by atoms with Gasteiger partial charge >= 0.3 is 0 Å². The SMILES string of the molecule is C[C@H](NC(=O)c1ccc(Cl)c(NS(C)(=O)=O)c1)[C@H]1CCCO1. The number of anilines is 1. The number of hydrogen-bond acceptors (Lipinski definition) is 4. The lowest BCUT2D eigenvalue weighted by molar-refractivity contribution is 0.0712. The molecule has 8 heteroatoms.